The van der Waals surface area contributed by atoms with Gasteiger partial charge in [-0.05, 0) is 29.6 Å². The molecule has 2 heterocycles. The van der Waals surface area contributed by atoms with Gasteiger partial charge in [-0.15, -0.1) is 11.3 Å². The molecule has 114 valence electrons. The molecule has 0 saturated heterocycles. The lowest BCUT2D eigenvalue weighted by Crippen LogP contribution is -1.81. The second kappa shape index (κ2) is 6.84. The molecular weight excluding hydrogens is 330 g/mol. The smallest absolute Gasteiger partial charge is 0.0630 e. The molecule has 0 fully saturated rings. The van der Waals surface area contributed by atoms with E-state index in [1.807, 2.05) is 48.0 Å². The van der Waals surface area contributed by atoms with Crippen LogP contribution in [0, 0.1) is 11.8 Å². The van der Waals surface area contributed by atoms with Crippen molar-refractivity contribution in [1.29, 1.82) is 0 Å². The summed E-state index contributed by atoms with van der Waals surface area (Å²) in [7, 11) is 0. The largest absolute Gasteiger partial charge is 0.255 e. The summed E-state index contributed by atoms with van der Waals surface area (Å²) in [6, 6.07) is 20.4. The molecule has 0 atom stereocenters. The number of hydrogen-bond acceptors (Lipinski definition) is 3. The minimum Gasteiger partial charge on any atom is -0.255 e. The number of para-hydroxylation sites is 1. The van der Waals surface area contributed by atoms with Crippen molar-refractivity contribution in [2.45, 2.75) is 0 Å². The zero-order valence-electron chi connectivity index (χ0n) is 12.8. The third kappa shape index (κ3) is 3.16. The van der Waals surface area contributed by atoms with E-state index in [0.29, 0.717) is 0 Å². The van der Waals surface area contributed by atoms with Crippen molar-refractivity contribution in [3.8, 4) is 11.8 Å². The fourth-order valence-electron chi connectivity index (χ4n) is 2.40. The van der Waals surface area contributed by atoms with Gasteiger partial charge in [0.05, 0.1) is 16.1 Å². The highest BCUT2D eigenvalue weighted by Gasteiger charge is 2.08. The SMILES string of the molecule is C(#Cc1c(C=Nc2ccccc2)sc2ccccc12)c1ccsc1. The Morgan fingerprint density at radius 2 is 1.71 bits per heavy atom. The Morgan fingerprint density at radius 3 is 2.54 bits per heavy atom. The molecule has 1 nitrogen and oxygen atoms in total. The molecule has 0 amide bonds. The summed E-state index contributed by atoms with van der Waals surface area (Å²) in [5.41, 5.74) is 3.06. The van der Waals surface area contributed by atoms with Crippen LogP contribution in [0.15, 0.2) is 76.4 Å². The van der Waals surface area contributed by atoms with Crippen LogP contribution in [-0.4, -0.2) is 6.21 Å². The number of hydrogen-bond donors (Lipinski definition) is 0. The first-order chi connectivity index (χ1) is 11.9. The highest BCUT2D eigenvalue weighted by atomic mass is 32.1. The van der Waals surface area contributed by atoms with Crippen molar-refractivity contribution in [3.05, 3.63) is 87.4 Å². The van der Waals surface area contributed by atoms with Gasteiger partial charge in [0.15, 0.2) is 0 Å². The molecule has 0 spiro atoms. The Kier molecular flexibility index (Phi) is 4.24. The monoisotopic (exact) mass is 343 g/mol. The lowest BCUT2D eigenvalue weighted by atomic mass is 10.1. The van der Waals surface area contributed by atoms with Crippen molar-refractivity contribution in [2.75, 3.05) is 0 Å². The number of fused-ring (bicyclic) bond motifs is 1. The predicted molar refractivity (Wildman–Crippen MR) is 106 cm³/mol. The van der Waals surface area contributed by atoms with Gasteiger partial charge in [0.25, 0.3) is 0 Å². The summed E-state index contributed by atoms with van der Waals surface area (Å²) in [5.74, 6) is 6.61. The van der Waals surface area contributed by atoms with E-state index in [0.717, 1.165) is 21.7 Å². The van der Waals surface area contributed by atoms with Gasteiger partial charge in [0.1, 0.15) is 0 Å². The average Bonchev–Trinajstić information content (AvgIpc) is 3.26. The van der Waals surface area contributed by atoms with Crippen LogP contribution in [0.4, 0.5) is 5.69 Å². The number of aliphatic imine (C=N–C) groups is 1. The Balaban J connectivity index is 1.80. The van der Waals surface area contributed by atoms with Crippen LogP contribution in [0.3, 0.4) is 0 Å². The molecule has 0 aliphatic carbocycles. The molecule has 4 aromatic rings. The van der Waals surface area contributed by atoms with Crippen LogP contribution in [-0.2, 0) is 0 Å². The average molecular weight is 343 g/mol. The van der Waals surface area contributed by atoms with Gasteiger partial charge in [-0.25, -0.2) is 0 Å². The van der Waals surface area contributed by atoms with Crippen molar-refractivity contribution < 1.29 is 0 Å². The van der Waals surface area contributed by atoms with E-state index in [4.69, 9.17) is 0 Å². The molecule has 0 radical (unpaired) electrons. The lowest BCUT2D eigenvalue weighted by Gasteiger charge is -1.93. The van der Waals surface area contributed by atoms with Crippen LogP contribution in [0.2, 0.25) is 0 Å². The first-order valence-electron chi connectivity index (χ1n) is 7.55. The van der Waals surface area contributed by atoms with Crippen molar-refractivity contribution in [3.63, 3.8) is 0 Å². The van der Waals surface area contributed by atoms with E-state index in [1.54, 1.807) is 22.7 Å². The topological polar surface area (TPSA) is 12.4 Å². The summed E-state index contributed by atoms with van der Waals surface area (Å²) >= 11 is 3.40. The van der Waals surface area contributed by atoms with E-state index in [1.165, 1.54) is 10.1 Å². The molecule has 0 aliphatic heterocycles. The summed E-state index contributed by atoms with van der Waals surface area (Å²) in [5, 5.41) is 5.31. The zero-order chi connectivity index (χ0) is 16.2. The third-order valence-corrected chi connectivity index (χ3v) is 5.35. The zero-order valence-corrected chi connectivity index (χ0v) is 14.4. The second-order valence-electron chi connectivity index (χ2n) is 5.19. The molecule has 0 saturated carbocycles. The minimum absolute atomic E-state index is 0.951. The standard InChI is InChI=1S/C21H13NS2/c1-2-6-17(7-3-1)22-14-21-19(11-10-16-12-13-23-15-16)18-8-4-5-9-20(18)24-21/h1-9,12-15H. The summed E-state index contributed by atoms with van der Waals surface area (Å²) in [6.45, 7) is 0. The Bertz CT molecular complexity index is 1050. The fourth-order valence-corrected chi connectivity index (χ4v) is 4.02. The van der Waals surface area contributed by atoms with Crippen LogP contribution in [0.25, 0.3) is 10.1 Å². The van der Waals surface area contributed by atoms with Crippen LogP contribution in [0.1, 0.15) is 16.0 Å². The van der Waals surface area contributed by atoms with Gasteiger partial charge in [0, 0.05) is 27.2 Å². The highest BCUT2D eigenvalue weighted by Crippen LogP contribution is 2.30. The molecule has 4 rings (SSSR count). The number of nitrogens with zero attached hydrogens (tertiary/aromatic N) is 1. The minimum atomic E-state index is 0.951. The van der Waals surface area contributed by atoms with Gasteiger partial charge in [-0.1, -0.05) is 48.2 Å². The van der Waals surface area contributed by atoms with Crippen molar-refractivity contribution in [2.24, 2.45) is 4.99 Å². The number of benzene rings is 2. The number of thiophene rings is 2. The molecule has 0 unspecified atom stereocenters. The Labute approximate surface area is 148 Å². The molecule has 0 N–H and O–H groups in total. The van der Waals surface area contributed by atoms with Crippen LogP contribution >= 0.6 is 22.7 Å². The van der Waals surface area contributed by atoms with E-state index < -0.39 is 0 Å². The van der Waals surface area contributed by atoms with Gasteiger partial charge < -0.3 is 0 Å². The Hall–Kier alpha value is -2.67. The first-order valence-corrected chi connectivity index (χ1v) is 9.31. The summed E-state index contributed by atoms with van der Waals surface area (Å²) in [4.78, 5) is 5.70. The Morgan fingerprint density at radius 1 is 0.875 bits per heavy atom. The molecule has 3 heteroatoms. The van der Waals surface area contributed by atoms with Gasteiger partial charge in [0.2, 0.25) is 0 Å². The second-order valence-corrected chi connectivity index (χ2v) is 7.06. The van der Waals surface area contributed by atoms with Crippen LogP contribution < -0.4 is 0 Å². The highest BCUT2D eigenvalue weighted by molar-refractivity contribution is 7.20. The van der Waals surface area contributed by atoms with Crippen molar-refractivity contribution in [1.82, 2.24) is 0 Å². The van der Waals surface area contributed by atoms with E-state index in [-0.39, 0.29) is 0 Å². The summed E-state index contributed by atoms with van der Waals surface area (Å²) in [6.07, 6.45) is 1.93. The van der Waals surface area contributed by atoms with E-state index in [9.17, 15) is 0 Å². The molecule has 0 aliphatic rings. The van der Waals surface area contributed by atoms with Crippen LogP contribution in [0.5, 0.6) is 0 Å². The van der Waals surface area contributed by atoms with Gasteiger partial charge in [-0.2, -0.15) is 11.3 Å². The van der Waals surface area contributed by atoms with E-state index in [2.05, 4.69) is 46.5 Å². The van der Waals surface area contributed by atoms with Gasteiger partial charge >= 0.3 is 0 Å². The molecule has 2 aromatic heterocycles. The quantitative estimate of drug-likeness (QED) is 0.307. The molecule has 0 bridgehead atoms. The van der Waals surface area contributed by atoms with E-state index >= 15 is 0 Å². The molecule has 2 aromatic carbocycles. The third-order valence-electron chi connectivity index (χ3n) is 3.56. The lowest BCUT2D eigenvalue weighted by molar-refractivity contribution is 1.54. The molecule has 24 heavy (non-hydrogen) atoms. The normalized spacial score (nSPS) is 10.8. The number of rotatable bonds is 2. The fraction of sp³-hybridized carbons (Fsp3) is 0. The maximum absolute atomic E-state index is 4.60. The van der Waals surface area contributed by atoms with Gasteiger partial charge in [-0.3, -0.25) is 4.99 Å². The molecular formula is C21H13NS2. The first kappa shape index (κ1) is 14.9. The summed E-state index contributed by atoms with van der Waals surface area (Å²) < 4.78 is 1.24. The maximum Gasteiger partial charge on any atom is 0.0630 e. The van der Waals surface area contributed by atoms with Crippen molar-refractivity contribution >= 4 is 44.7 Å². The maximum atomic E-state index is 4.60. The predicted octanol–water partition coefficient (Wildman–Crippen LogP) is 6.11.